The van der Waals surface area contributed by atoms with E-state index in [-0.39, 0.29) is 5.56 Å². The molecule has 0 aliphatic rings. The van der Waals surface area contributed by atoms with Crippen LogP contribution in [-0.4, -0.2) is 11.5 Å². The topological polar surface area (TPSA) is 58.9 Å². The zero-order valence-corrected chi connectivity index (χ0v) is 9.67. The Morgan fingerprint density at radius 1 is 1.40 bits per heavy atom. The van der Waals surface area contributed by atoms with Gasteiger partial charge in [0.25, 0.3) is 5.56 Å². The van der Waals surface area contributed by atoms with Crippen LogP contribution in [0.1, 0.15) is 5.56 Å². The minimum Gasteiger partial charge on any atom is -0.330 e. The summed E-state index contributed by atoms with van der Waals surface area (Å²) in [5, 5.41) is 1.02. The highest BCUT2D eigenvalue weighted by Crippen LogP contribution is 2.20. The molecule has 2 rings (SSSR count). The van der Waals surface area contributed by atoms with Gasteiger partial charge in [-0.15, -0.1) is 0 Å². The van der Waals surface area contributed by atoms with Gasteiger partial charge in [0.15, 0.2) is 0 Å². The van der Waals surface area contributed by atoms with Gasteiger partial charge in [-0.25, -0.2) is 0 Å². The first-order valence-electron chi connectivity index (χ1n) is 4.73. The number of para-hydroxylation sites is 1. The second-order valence-corrected chi connectivity index (χ2v) is 4.22. The van der Waals surface area contributed by atoms with Crippen LogP contribution in [0.4, 0.5) is 0 Å². The van der Waals surface area contributed by atoms with Crippen LogP contribution in [0, 0.1) is 0 Å². The molecule has 0 radical (unpaired) electrons. The van der Waals surface area contributed by atoms with E-state index in [1.807, 2.05) is 24.3 Å². The summed E-state index contributed by atoms with van der Waals surface area (Å²) < 4.78 is 0.899. The standard InChI is InChI=1S/C11H11BrN2O/c12-9-3-1-2-7-6-8(4-5-13)11(15)14-10(7)9/h1-3,6H,4-5,13H2,(H,14,15). The van der Waals surface area contributed by atoms with Gasteiger partial charge in [-0.3, -0.25) is 4.79 Å². The fraction of sp³-hybridized carbons (Fsp3) is 0.182. The molecule has 0 atom stereocenters. The van der Waals surface area contributed by atoms with Gasteiger partial charge in [0.1, 0.15) is 0 Å². The highest BCUT2D eigenvalue weighted by atomic mass is 79.9. The fourth-order valence-corrected chi connectivity index (χ4v) is 2.06. The molecule has 3 N–H and O–H groups in total. The molecule has 0 spiro atoms. The van der Waals surface area contributed by atoms with Crippen molar-refractivity contribution < 1.29 is 0 Å². The van der Waals surface area contributed by atoms with Crippen molar-refractivity contribution in [3.63, 3.8) is 0 Å². The summed E-state index contributed by atoms with van der Waals surface area (Å²) in [5.74, 6) is 0. The van der Waals surface area contributed by atoms with E-state index in [1.54, 1.807) is 0 Å². The first-order chi connectivity index (χ1) is 7.22. The predicted molar refractivity (Wildman–Crippen MR) is 65.0 cm³/mol. The van der Waals surface area contributed by atoms with E-state index in [4.69, 9.17) is 5.73 Å². The maximum Gasteiger partial charge on any atom is 0.251 e. The highest BCUT2D eigenvalue weighted by molar-refractivity contribution is 9.10. The number of H-pyrrole nitrogens is 1. The Hall–Kier alpha value is -1.13. The average molecular weight is 267 g/mol. The van der Waals surface area contributed by atoms with Gasteiger partial charge in [0.05, 0.1) is 5.52 Å². The maximum atomic E-state index is 11.6. The third kappa shape index (κ3) is 1.96. The normalized spacial score (nSPS) is 10.8. The molecule has 1 heterocycles. The number of benzene rings is 1. The van der Waals surface area contributed by atoms with E-state index < -0.39 is 0 Å². The lowest BCUT2D eigenvalue weighted by Gasteiger charge is -2.03. The molecule has 4 heteroatoms. The predicted octanol–water partition coefficient (Wildman–Crippen LogP) is 1.79. The number of rotatable bonds is 2. The van der Waals surface area contributed by atoms with E-state index in [2.05, 4.69) is 20.9 Å². The Morgan fingerprint density at radius 2 is 2.20 bits per heavy atom. The van der Waals surface area contributed by atoms with E-state index in [0.717, 1.165) is 20.9 Å². The second-order valence-electron chi connectivity index (χ2n) is 3.37. The second kappa shape index (κ2) is 4.16. The quantitative estimate of drug-likeness (QED) is 0.871. The number of pyridine rings is 1. The summed E-state index contributed by atoms with van der Waals surface area (Å²) in [5.41, 5.74) is 6.96. The SMILES string of the molecule is NCCc1cc2cccc(Br)c2[nH]c1=O. The summed E-state index contributed by atoms with van der Waals surface area (Å²) in [7, 11) is 0. The molecular weight excluding hydrogens is 256 g/mol. The number of hydrogen-bond donors (Lipinski definition) is 2. The van der Waals surface area contributed by atoms with Crippen molar-refractivity contribution in [2.24, 2.45) is 5.73 Å². The molecule has 78 valence electrons. The first kappa shape index (κ1) is 10.4. The molecule has 0 fully saturated rings. The van der Waals surface area contributed by atoms with Crippen LogP contribution in [0.15, 0.2) is 33.5 Å². The average Bonchev–Trinajstić information content (AvgIpc) is 2.21. The van der Waals surface area contributed by atoms with Crippen molar-refractivity contribution in [3.8, 4) is 0 Å². The Kier molecular flexibility index (Phi) is 2.88. The molecule has 3 nitrogen and oxygen atoms in total. The van der Waals surface area contributed by atoms with Crippen molar-refractivity contribution in [2.75, 3.05) is 6.54 Å². The first-order valence-corrected chi connectivity index (χ1v) is 5.52. The van der Waals surface area contributed by atoms with Gasteiger partial charge >= 0.3 is 0 Å². The van der Waals surface area contributed by atoms with E-state index in [0.29, 0.717) is 13.0 Å². The zero-order valence-electron chi connectivity index (χ0n) is 8.09. The minimum atomic E-state index is -0.0557. The van der Waals surface area contributed by atoms with Crippen molar-refractivity contribution >= 4 is 26.8 Å². The van der Waals surface area contributed by atoms with E-state index in [9.17, 15) is 4.79 Å². The molecule has 0 bridgehead atoms. The molecule has 0 unspecified atom stereocenters. The lowest BCUT2D eigenvalue weighted by atomic mass is 10.1. The van der Waals surface area contributed by atoms with Crippen LogP contribution in [0.5, 0.6) is 0 Å². The van der Waals surface area contributed by atoms with Crippen molar-refractivity contribution in [1.82, 2.24) is 4.98 Å². The fourth-order valence-electron chi connectivity index (χ4n) is 1.58. The van der Waals surface area contributed by atoms with Gasteiger partial charge in [0.2, 0.25) is 0 Å². The van der Waals surface area contributed by atoms with Gasteiger partial charge in [-0.1, -0.05) is 12.1 Å². The zero-order chi connectivity index (χ0) is 10.8. The van der Waals surface area contributed by atoms with Crippen LogP contribution in [0.2, 0.25) is 0 Å². The molecule has 1 aromatic carbocycles. The monoisotopic (exact) mass is 266 g/mol. The molecule has 0 aliphatic heterocycles. The van der Waals surface area contributed by atoms with Gasteiger partial charge in [0, 0.05) is 10.0 Å². The number of aromatic nitrogens is 1. The molecule has 0 aliphatic carbocycles. The van der Waals surface area contributed by atoms with Gasteiger partial charge in [-0.05, 0) is 46.4 Å². The molecular formula is C11H11BrN2O. The third-order valence-electron chi connectivity index (χ3n) is 2.32. The highest BCUT2D eigenvalue weighted by Gasteiger charge is 2.03. The Morgan fingerprint density at radius 3 is 2.93 bits per heavy atom. The van der Waals surface area contributed by atoms with E-state index in [1.165, 1.54) is 0 Å². The van der Waals surface area contributed by atoms with E-state index >= 15 is 0 Å². The van der Waals surface area contributed by atoms with Crippen LogP contribution < -0.4 is 11.3 Å². The molecule has 1 aromatic heterocycles. The summed E-state index contributed by atoms with van der Waals surface area (Å²) in [4.78, 5) is 14.5. The summed E-state index contributed by atoms with van der Waals surface area (Å²) in [6.07, 6.45) is 0.609. The molecule has 0 saturated heterocycles. The van der Waals surface area contributed by atoms with Crippen LogP contribution in [0.3, 0.4) is 0 Å². The number of hydrogen-bond acceptors (Lipinski definition) is 2. The molecule has 2 aromatic rings. The van der Waals surface area contributed by atoms with Gasteiger partial charge in [-0.2, -0.15) is 0 Å². The smallest absolute Gasteiger partial charge is 0.251 e. The largest absolute Gasteiger partial charge is 0.330 e. The Labute approximate surface area is 95.4 Å². The number of nitrogens with one attached hydrogen (secondary N) is 1. The van der Waals surface area contributed by atoms with Gasteiger partial charge < -0.3 is 10.7 Å². The minimum absolute atomic E-state index is 0.0557. The molecule has 15 heavy (non-hydrogen) atoms. The van der Waals surface area contributed by atoms with Crippen molar-refractivity contribution in [1.29, 1.82) is 0 Å². The summed E-state index contributed by atoms with van der Waals surface area (Å²) >= 11 is 3.40. The number of halogens is 1. The molecule has 0 saturated carbocycles. The third-order valence-corrected chi connectivity index (χ3v) is 2.98. The number of aromatic amines is 1. The summed E-state index contributed by atoms with van der Waals surface area (Å²) in [6.45, 7) is 0.489. The number of nitrogens with two attached hydrogens (primary N) is 1. The number of fused-ring (bicyclic) bond motifs is 1. The summed E-state index contributed by atoms with van der Waals surface area (Å²) in [6, 6.07) is 7.71. The maximum absolute atomic E-state index is 11.6. The van der Waals surface area contributed by atoms with Crippen molar-refractivity contribution in [2.45, 2.75) is 6.42 Å². The molecule has 0 amide bonds. The Bertz CT molecular complexity index is 548. The van der Waals surface area contributed by atoms with Crippen LogP contribution in [-0.2, 0) is 6.42 Å². The van der Waals surface area contributed by atoms with Crippen molar-refractivity contribution in [3.05, 3.63) is 44.7 Å². The lowest BCUT2D eigenvalue weighted by molar-refractivity contribution is 0.949. The Balaban J connectivity index is 2.71. The van der Waals surface area contributed by atoms with Crippen LogP contribution in [0.25, 0.3) is 10.9 Å². The van der Waals surface area contributed by atoms with Crippen LogP contribution >= 0.6 is 15.9 Å². The lowest BCUT2D eigenvalue weighted by Crippen LogP contribution is -2.16.